The van der Waals surface area contributed by atoms with Gasteiger partial charge in [-0.25, -0.2) is 4.98 Å². The predicted octanol–water partition coefficient (Wildman–Crippen LogP) is 3.47. The summed E-state index contributed by atoms with van der Waals surface area (Å²) < 4.78 is 0.643. The summed E-state index contributed by atoms with van der Waals surface area (Å²) in [5.74, 6) is 0.325. The molecule has 3 rings (SSSR count). The van der Waals surface area contributed by atoms with Crippen LogP contribution in [0.25, 0.3) is 0 Å². The number of aromatic nitrogens is 1. The number of nitrogens with zero attached hydrogens (tertiary/aromatic N) is 2. The van der Waals surface area contributed by atoms with E-state index in [1.165, 1.54) is 0 Å². The number of pyridine rings is 1. The summed E-state index contributed by atoms with van der Waals surface area (Å²) in [5.41, 5.74) is 1.06. The standard InChI is InChI=1S/C17H16BrN3O2/c1-21(17(23)11-9-10-11)13-6-3-2-5-12(13)16(22)20-15-8-4-7-14(18)19-15/h2-8,11H,9-10H2,1H3,(H,19,20,22). The molecule has 1 heterocycles. The third-order valence-electron chi connectivity index (χ3n) is 3.72. The molecule has 0 bridgehead atoms. The lowest BCUT2D eigenvalue weighted by atomic mass is 10.1. The first-order valence-corrected chi connectivity index (χ1v) is 8.16. The van der Waals surface area contributed by atoms with Crippen LogP contribution in [-0.4, -0.2) is 23.8 Å². The molecule has 1 aliphatic carbocycles. The Balaban J connectivity index is 1.84. The number of benzene rings is 1. The summed E-state index contributed by atoms with van der Waals surface area (Å²) >= 11 is 3.27. The molecule has 1 N–H and O–H groups in total. The average molecular weight is 374 g/mol. The largest absolute Gasteiger partial charge is 0.314 e. The monoisotopic (exact) mass is 373 g/mol. The van der Waals surface area contributed by atoms with Crippen molar-refractivity contribution in [1.29, 1.82) is 0 Å². The van der Waals surface area contributed by atoms with E-state index in [1.54, 1.807) is 48.3 Å². The molecular formula is C17H16BrN3O2. The van der Waals surface area contributed by atoms with Gasteiger partial charge in [0.2, 0.25) is 5.91 Å². The number of carbonyl (C=O) groups is 2. The second-order valence-corrected chi connectivity index (χ2v) is 6.30. The minimum atomic E-state index is -0.290. The third-order valence-corrected chi connectivity index (χ3v) is 4.17. The first-order valence-electron chi connectivity index (χ1n) is 7.37. The lowest BCUT2D eigenvalue weighted by Crippen LogP contribution is -2.30. The van der Waals surface area contributed by atoms with E-state index in [0.29, 0.717) is 21.7 Å². The molecule has 0 aliphatic heterocycles. The Labute approximate surface area is 142 Å². The van der Waals surface area contributed by atoms with Gasteiger partial charge in [0.25, 0.3) is 5.91 Å². The SMILES string of the molecule is CN(C(=O)C1CC1)c1ccccc1C(=O)Nc1cccc(Br)n1. The summed E-state index contributed by atoms with van der Waals surface area (Å²) in [5, 5.41) is 2.76. The van der Waals surface area contributed by atoms with Crippen molar-refractivity contribution in [1.82, 2.24) is 4.98 Å². The molecule has 1 aromatic carbocycles. The van der Waals surface area contributed by atoms with Crippen molar-refractivity contribution < 1.29 is 9.59 Å². The summed E-state index contributed by atoms with van der Waals surface area (Å²) in [6.07, 6.45) is 1.86. The highest BCUT2D eigenvalue weighted by Crippen LogP contribution is 2.33. The van der Waals surface area contributed by atoms with E-state index in [4.69, 9.17) is 0 Å². The maximum Gasteiger partial charge on any atom is 0.258 e. The van der Waals surface area contributed by atoms with Crippen LogP contribution < -0.4 is 10.2 Å². The maximum atomic E-state index is 12.6. The fraction of sp³-hybridized carbons (Fsp3) is 0.235. The van der Waals surface area contributed by atoms with Gasteiger partial charge in [0.15, 0.2) is 0 Å². The topological polar surface area (TPSA) is 62.3 Å². The number of anilines is 2. The van der Waals surface area contributed by atoms with Crippen molar-refractivity contribution in [2.75, 3.05) is 17.3 Å². The van der Waals surface area contributed by atoms with Crippen molar-refractivity contribution in [2.24, 2.45) is 5.92 Å². The lowest BCUT2D eigenvalue weighted by molar-refractivity contribution is -0.119. The molecule has 2 aromatic rings. The summed E-state index contributed by atoms with van der Waals surface area (Å²) in [7, 11) is 1.71. The first-order chi connectivity index (χ1) is 11.1. The number of hydrogen-bond donors (Lipinski definition) is 1. The van der Waals surface area contributed by atoms with Gasteiger partial charge in [-0.05, 0) is 53.0 Å². The van der Waals surface area contributed by atoms with Crippen LogP contribution in [0.15, 0.2) is 47.1 Å². The van der Waals surface area contributed by atoms with Crippen molar-refractivity contribution in [3.63, 3.8) is 0 Å². The number of nitrogens with one attached hydrogen (secondary N) is 1. The maximum absolute atomic E-state index is 12.6. The van der Waals surface area contributed by atoms with Gasteiger partial charge in [0.05, 0.1) is 11.3 Å². The second-order valence-electron chi connectivity index (χ2n) is 5.49. The van der Waals surface area contributed by atoms with Crippen molar-refractivity contribution in [2.45, 2.75) is 12.8 Å². The zero-order chi connectivity index (χ0) is 16.4. The second kappa shape index (κ2) is 6.50. The van der Waals surface area contributed by atoms with E-state index in [1.807, 2.05) is 6.07 Å². The molecular weight excluding hydrogens is 358 g/mol. The number of para-hydroxylation sites is 1. The zero-order valence-electron chi connectivity index (χ0n) is 12.6. The van der Waals surface area contributed by atoms with Crippen molar-refractivity contribution in [3.05, 3.63) is 52.6 Å². The normalized spacial score (nSPS) is 13.5. The molecule has 1 aliphatic rings. The van der Waals surface area contributed by atoms with Crippen LogP contribution in [0.2, 0.25) is 0 Å². The van der Waals surface area contributed by atoms with Gasteiger partial charge < -0.3 is 10.2 Å². The molecule has 0 spiro atoms. The van der Waals surface area contributed by atoms with Crippen LogP contribution >= 0.6 is 15.9 Å². The van der Waals surface area contributed by atoms with E-state index >= 15 is 0 Å². The third kappa shape index (κ3) is 3.59. The van der Waals surface area contributed by atoms with Gasteiger partial charge in [-0.3, -0.25) is 9.59 Å². The fourth-order valence-electron chi connectivity index (χ4n) is 2.34. The van der Waals surface area contributed by atoms with Crippen LogP contribution in [-0.2, 0) is 4.79 Å². The summed E-state index contributed by atoms with van der Waals surface area (Å²) in [6.45, 7) is 0. The highest BCUT2D eigenvalue weighted by molar-refractivity contribution is 9.10. The zero-order valence-corrected chi connectivity index (χ0v) is 14.2. The van der Waals surface area contributed by atoms with Crippen molar-refractivity contribution >= 4 is 39.2 Å². The Kier molecular flexibility index (Phi) is 4.43. The Morgan fingerprint density at radius 3 is 2.61 bits per heavy atom. The molecule has 1 aromatic heterocycles. The number of rotatable bonds is 4. The highest BCUT2D eigenvalue weighted by Gasteiger charge is 2.33. The van der Waals surface area contributed by atoms with Gasteiger partial charge in [-0.1, -0.05) is 18.2 Å². The summed E-state index contributed by atoms with van der Waals surface area (Å²) in [4.78, 5) is 30.6. The molecule has 0 saturated heterocycles. The molecule has 0 atom stereocenters. The molecule has 2 amide bonds. The first kappa shape index (κ1) is 15.7. The Bertz CT molecular complexity index is 759. The van der Waals surface area contributed by atoms with Crippen LogP contribution in [0.1, 0.15) is 23.2 Å². The van der Waals surface area contributed by atoms with Gasteiger partial charge >= 0.3 is 0 Å². The number of amides is 2. The highest BCUT2D eigenvalue weighted by atomic mass is 79.9. The Morgan fingerprint density at radius 2 is 1.91 bits per heavy atom. The van der Waals surface area contributed by atoms with Gasteiger partial charge in [0.1, 0.15) is 10.4 Å². The number of carbonyl (C=O) groups excluding carboxylic acids is 2. The fourth-order valence-corrected chi connectivity index (χ4v) is 2.69. The van der Waals surface area contributed by atoms with Crippen LogP contribution in [0.4, 0.5) is 11.5 Å². The molecule has 6 heteroatoms. The number of halogens is 1. The quantitative estimate of drug-likeness (QED) is 0.834. The summed E-state index contributed by atoms with van der Waals surface area (Å²) in [6, 6.07) is 12.4. The van der Waals surface area contributed by atoms with E-state index < -0.39 is 0 Å². The van der Waals surface area contributed by atoms with E-state index in [-0.39, 0.29) is 17.7 Å². The van der Waals surface area contributed by atoms with Crippen molar-refractivity contribution in [3.8, 4) is 0 Å². The minimum absolute atomic E-state index is 0.0610. The molecule has 5 nitrogen and oxygen atoms in total. The molecule has 1 saturated carbocycles. The Hall–Kier alpha value is -2.21. The van der Waals surface area contributed by atoms with E-state index in [0.717, 1.165) is 12.8 Å². The molecule has 1 fully saturated rings. The van der Waals surface area contributed by atoms with E-state index in [9.17, 15) is 9.59 Å². The molecule has 0 unspecified atom stereocenters. The van der Waals surface area contributed by atoms with Gasteiger partial charge in [0, 0.05) is 13.0 Å². The molecule has 0 radical (unpaired) electrons. The van der Waals surface area contributed by atoms with Crippen LogP contribution in [0.3, 0.4) is 0 Å². The molecule has 118 valence electrons. The number of hydrogen-bond acceptors (Lipinski definition) is 3. The van der Waals surface area contributed by atoms with E-state index in [2.05, 4.69) is 26.2 Å². The lowest BCUT2D eigenvalue weighted by Gasteiger charge is -2.20. The predicted molar refractivity (Wildman–Crippen MR) is 92.5 cm³/mol. The molecule has 23 heavy (non-hydrogen) atoms. The van der Waals surface area contributed by atoms with Gasteiger partial charge in [-0.15, -0.1) is 0 Å². The van der Waals surface area contributed by atoms with Crippen LogP contribution in [0.5, 0.6) is 0 Å². The van der Waals surface area contributed by atoms with Gasteiger partial charge in [-0.2, -0.15) is 0 Å². The minimum Gasteiger partial charge on any atom is -0.314 e. The van der Waals surface area contributed by atoms with Crippen LogP contribution in [0, 0.1) is 5.92 Å². The smallest absolute Gasteiger partial charge is 0.258 e. The average Bonchev–Trinajstić information content (AvgIpc) is 3.38. The Morgan fingerprint density at radius 1 is 1.17 bits per heavy atom.